The van der Waals surface area contributed by atoms with Crippen molar-refractivity contribution >= 4 is 11.6 Å². The van der Waals surface area contributed by atoms with Gasteiger partial charge in [0.25, 0.3) is 5.91 Å². The molecule has 1 heterocycles. The number of ether oxygens (including phenoxy) is 1. The number of halogens is 1. The molecule has 1 aliphatic heterocycles. The first-order chi connectivity index (χ1) is 21.4. The summed E-state index contributed by atoms with van der Waals surface area (Å²) in [6.07, 6.45) is 8.28. The highest BCUT2D eigenvalue weighted by molar-refractivity contribution is 5.94. The van der Waals surface area contributed by atoms with Gasteiger partial charge in [-0.3, -0.25) is 9.69 Å². The summed E-state index contributed by atoms with van der Waals surface area (Å²) < 4.78 is 20.7. The number of hydrogen-bond donors (Lipinski definition) is 0. The molecule has 3 aromatic carbocycles. The van der Waals surface area contributed by atoms with Crippen molar-refractivity contribution in [2.75, 3.05) is 51.3 Å². The van der Waals surface area contributed by atoms with E-state index in [4.69, 9.17) is 4.74 Å². The number of hydrogen-bond acceptors (Lipinski definition) is 4. The summed E-state index contributed by atoms with van der Waals surface area (Å²) in [4.78, 5) is 20.2. The molecule has 44 heavy (non-hydrogen) atoms. The first kappa shape index (κ1) is 29.3. The van der Waals surface area contributed by atoms with Gasteiger partial charge in [0.2, 0.25) is 0 Å². The van der Waals surface area contributed by atoms with Gasteiger partial charge in [-0.2, -0.15) is 0 Å². The van der Waals surface area contributed by atoms with Crippen LogP contribution < -0.4 is 9.64 Å². The first-order valence-corrected chi connectivity index (χ1v) is 16.7. The van der Waals surface area contributed by atoms with E-state index in [9.17, 15) is 4.79 Å². The Balaban J connectivity index is 0.915. The highest BCUT2D eigenvalue weighted by atomic mass is 19.1. The van der Waals surface area contributed by atoms with Crippen molar-refractivity contribution < 1.29 is 13.9 Å². The van der Waals surface area contributed by atoms with E-state index in [1.807, 2.05) is 67.4 Å². The Labute approximate surface area is 262 Å². The number of carbonyl (C=O) groups is 1. The van der Waals surface area contributed by atoms with Crippen LogP contribution in [0.4, 0.5) is 10.1 Å². The summed E-state index contributed by atoms with van der Waals surface area (Å²) in [5.41, 5.74) is 4.73. The van der Waals surface area contributed by atoms with E-state index in [-0.39, 0.29) is 11.7 Å². The zero-order valence-corrected chi connectivity index (χ0v) is 26.3. The number of anilines is 1. The largest absolute Gasteiger partial charge is 0.494 e. The maximum atomic E-state index is 15.1. The maximum absolute atomic E-state index is 15.1. The lowest BCUT2D eigenvalue weighted by molar-refractivity contribution is -0.0629. The van der Waals surface area contributed by atoms with E-state index >= 15 is 4.39 Å². The normalized spacial score (nSPS) is 26.2. The third kappa shape index (κ3) is 6.10. The summed E-state index contributed by atoms with van der Waals surface area (Å²) in [6, 6.07) is 21.4. The molecule has 0 radical (unpaired) electrons. The highest BCUT2D eigenvalue weighted by Gasteiger charge is 2.51. The predicted octanol–water partition coefficient (Wildman–Crippen LogP) is 7.50. The minimum absolute atomic E-state index is 0.150. The lowest BCUT2D eigenvalue weighted by Gasteiger charge is -2.57. The summed E-state index contributed by atoms with van der Waals surface area (Å²) in [5.74, 6) is 3.42. The maximum Gasteiger partial charge on any atom is 0.253 e. The molecule has 232 valence electrons. The fraction of sp³-hybridized carbons (Fsp3) is 0.500. The van der Waals surface area contributed by atoms with Gasteiger partial charge >= 0.3 is 0 Å². The number of rotatable bonds is 9. The van der Waals surface area contributed by atoms with Crippen molar-refractivity contribution in [3.05, 3.63) is 83.7 Å². The lowest BCUT2D eigenvalue weighted by Crippen LogP contribution is -2.51. The molecule has 4 aliphatic carbocycles. The van der Waals surface area contributed by atoms with Crippen molar-refractivity contribution in [2.24, 2.45) is 23.2 Å². The molecule has 1 amide bonds. The summed E-state index contributed by atoms with van der Waals surface area (Å²) >= 11 is 0. The van der Waals surface area contributed by atoms with Crippen LogP contribution in [0.3, 0.4) is 0 Å². The van der Waals surface area contributed by atoms with Gasteiger partial charge in [-0.05, 0) is 122 Å². The van der Waals surface area contributed by atoms with Gasteiger partial charge in [0.05, 0.1) is 6.61 Å². The van der Waals surface area contributed by atoms with Gasteiger partial charge in [-0.25, -0.2) is 4.39 Å². The Morgan fingerprint density at radius 1 is 0.909 bits per heavy atom. The SMILES string of the molecule is CCOc1cccc(-c2ccc(CN3CCN(c4ccc(C(=O)N(C)CC56CC7CC(CC(C7)C5)C6)cc4)CC3)cc2F)c1. The molecule has 8 rings (SSSR count). The summed E-state index contributed by atoms with van der Waals surface area (Å²) in [5, 5.41) is 0. The minimum Gasteiger partial charge on any atom is -0.494 e. The van der Waals surface area contributed by atoms with E-state index in [1.165, 1.54) is 38.5 Å². The molecule has 5 nitrogen and oxygen atoms in total. The third-order valence-electron chi connectivity index (χ3n) is 10.8. The topological polar surface area (TPSA) is 36.0 Å². The number of amides is 1. The second kappa shape index (κ2) is 12.2. The molecule has 6 heteroatoms. The molecule has 5 aliphatic rings. The second-order valence-electron chi connectivity index (χ2n) is 14.2. The number of carbonyl (C=O) groups excluding carboxylic acids is 1. The monoisotopic (exact) mass is 595 g/mol. The number of benzene rings is 3. The second-order valence-corrected chi connectivity index (χ2v) is 14.2. The molecule has 0 spiro atoms. The van der Waals surface area contributed by atoms with Crippen LogP contribution in [0.1, 0.15) is 61.4 Å². The average Bonchev–Trinajstić information content (AvgIpc) is 3.01. The van der Waals surface area contributed by atoms with Crippen LogP contribution in [0.2, 0.25) is 0 Å². The molecular weight excluding hydrogens is 549 g/mol. The first-order valence-electron chi connectivity index (χ1n) is 16.7. The molecule has 0 atom stereocenters. The van der Waals surface area contributed by atoms with E-state index < -0.39 is 0 Å². The van der Waals surface area contributed by atoms with Crippen molar-refractivity contribution in [3.63, 3.8) is 0 Å². The van der Waals surface area contributed by atoms with Crippen LogP contribution in [0.5, 0.6) is 5.75 Å². The van der Waals surface area contributed by atoms with Crippen LogP contribution in [0.25, 0.3) is 11.1 Å². The quantitative estimate of drug-likeness (QED) is 0.257. The van der Waals surface area contributed by atoms with Gasteiger partial charge in [0, 0.05) is 63.1 Å². The molecule has 1 saturated heterocycles. The Morgan fingerprint density at radius 3 is 2.23 bits per heavy atom. The molecule has 0 N–H and O–H groups in total. The number of piperazine rings is 1. The number of nitrogens with zero attached hydrogens (tertiary/aromatic N) is 3. The third-order valence-corrected chi connectivity index (χ3v) is 10.8. The van der Waals surface area contributed by atoms with Crippen molar-refractivity contribution in [1.29, 1.82) is 0 Å². The smallest absolute Gasteiger partial charge is 0.253 e. The van der Waals surface area contributed by atoms with Gasteiger partial charge in [0.15, 0.2) is 0 Å². The molecule has 3 aromatic rings. The Kier molecular flexibility index (Phi) is 8.13. The highest BCUT2D eigenvalue weighted by Crippen LogP contribution is 2.60. The lowest BCUT2D eigenvalue weighted by atomic mass is 9.49. The van der Waals surface area contributed by atoms with E-state index in [2.05, 4.69) is 21.9 Å². The van der Waals surface area contributed by atoms with Gasteiger partial charge < -0.3 is 14.5 Å². The van der Waals surface area contributed by atoms with Crippen LogP contribution in [-0.4, -0.2) is 62.1 Å². The van der Waals surface area contributed by atoms with Gasteiger partial charge in [-0.15, -0.1) is 0 Å². The van der Waals surface area contributed by atoms with Crippen molar-refractivity contribution in [1.82, 2.24) is 9.80 Å². The molecule has 0 aromatic heterocycles. The van der Waals surface area contributed by atoms with Crippen LogP contribution in [0, 0.1) is 29.0 Å². The van der Waals surface area contributed by atoms with Crippen LogP contribution in [-0.2, 0) is 6.54 Å². The minimum atomic E-state index is -0.201. The Bertz CT molecular complexity index is 1440. The molecule has 4 bridgehead atoms. The molecule has 5 fully saturated rings. The van der Waals surface area contributed by atoms with Gasteiger partial charge in [0.1, 0.15) is 11.6 Å². The van der Waals surface area contributed by atoms with E-state index in [0.717, 1.165) is 85.1 Å². The fourth-order valence-corrected chi connectivity index (χ4v) is 9.33. The summed E-state index contributed by atoms with van der Waals surface area (Å²) in [6.45, 7) is 7.81. The zero-order chi connectivity index (χ0) is 30.3. The van der Waals surface area contributed by atoms with Crippen molar-refractivity contribution in [3.8, 4) is 16.9 Å². The standard InChI is InChI=1S/C38H46FN3O2/c1-3-44-34-6-4-5-32(21-34)35-12-7-27(20-36(35)39)25-41-13-15-42(16-14-41)33-10-8-31(9-11-33)37(43)40(2)26-38-22-28-17-29(23-38)19-30(18-28)24-38/h4-12,20-21,28-30H,3,13-19,22-26H2,1-2H3. The molecule has 4 saturated carbocycles. The van der Waals surface area contributed by atoms with E-state index in [1.54, 1.807) is 6.07 Å². The fourth-order valence-electron chi connectivity index (χ4n) is 9.33. The summed E-state index contributed by atoms with van der Waals surface area (Å²) in [7, 11) is 2.01. The van der Waals surface area contributed by atoms with Crippen LogP contribution in [0.15, 0.2) is 66.7 Å². The van der Waals surface area contributed by atoms with E-state index in [0.29, 0.717) is 17.6 Å². The average molecular weight is 596 g/mol. The Morgan fingerprint density at radius 2 is 1.59 bits per heavy atom. The van der Waals surface area contributed by atoms with Gasteiger partial charge in [-0.1, -0.05) is 24.3 Å². The molecule has 0 unspecified atom stereocenters. The molecular formula is C38H46FN3O2. The van der Waals surface area contributed by atoms with Crippen LogP contribution >= 0.6 is 0 Å². The predicted molar refractivity (Wildman–Crippen MR) is 175 cm³/mol. The Hall–Kier alpha value is -3.38. The van der Waals surface area contributed by atoms with Crippen molar-refractivity contribution in [2.45, 2.75) is 52.0 Å². The zero-order valence-electron chi connectivity index (χ0n) is 26.3.